The summed E-state index contributed by atoms with van der Waals surface area (Å²) in [4.78, 5) is 14.0. The minimum absolute atomic E-state index is 0.0329. The lowest BCUT2D eigenvalue weighted by Crippen LogP contribution is -2.44. The largest absolute Gasteiger partial charge is 0.481 e. The molecule has 0 radical (unpaired) electrons. The van der Waals surface area contributed by atoms with Gasteiger partial charge in [0.2, 0.25) is 11.5 Å². The van der Waals surface area contributed by atoms with E-state index in [4.69, 9.17) is 9.52 Å². The molecule has 1 aromatic carbocycles. The first-order valence-corrected chi connectivity index (χ1v) is 5.11. The molecule has 0 saturated heterocycles. The van der Waals surface area contributed by atoms with Crippen molar-refractivity contribution in [3.05, 3.63) is 30.2 Å². The standard InChI is InChI=1S/C11H8F3NO4/c12-11(13,14)10(18,5-8(16)17)9-15-6-3-1-2-4-7(6)19-9/h1-4,18H,5H2,(H,16,17). The highest BCUT2D eigenvalue weighted by atomic mass is 19.4. The fraction of sp³-hybridized carbons (Fsp3) is 0.273. The summed E-state index contributed by atoms with van der Waals surface area (Å²) in [6.07, 6.45) is -6.80. The number of nitrogens with zero attached hydrogens (tertiary/aromatic N) is 1. The van der Waals surface area contributed by atoms with Gasteiger partial charge in [-0.2, -0.15) is 13.2 Å². The first kappa shape index (κ1) is 13.3. The Hall–Kier alpha value is -2.09. The molecule has 2 aromatic rings. The van der Waals surface area contributed by atoms with Gasteiger partial charge in [-0.05, 0) is 12.1 Å². The lowest BCUT2D eigenvalue weighted by atomic mass is 9.99. The lowest BCUT2D eigenvalue weighted by Gasteiger charge is -2.25. The number of alkyl halides is 3. The zero-order valence-electron chi connectivity index (χ0n) is 9.31. The maximum atomic E-state index is 12.9. The summed E-state index contributed by atoms with van der Waals surface area (Å²) in [5.41, 5.74) is -3.52. The summed E-state index contributed by atoms with van der Waals surface area (Å²) < 4.78 is 43.4. The fourth-order valence-electron chi connectivity index (χ4n) is 1.57. The summed E-state index contributed by atoms with van der Waals surface area (Å²) >= 11 is 0. The van der Waals surface area contributed by atoms with Crippen molar-refractivity contribution in [3.8, 4) is 0 Å². The van der Waals surface area contributed by atoms with E-state index >= 15 is 0 Å². The van der Waals surface area contributed by atoms with Gasteiger partial charge in [0.1, 0.15) is 5.52 Å². The van der Waals surface area contributed by atoms with E-state index in [0.717, 1.165) is 0 Å². The van der Waals surface area contributed by atoms with E-state index in [-0.39, 0.29) is 11.1 Å². The van der Waals surface area contributed by atoms with Crippen molar-refractivity contribution >= 4 is 17.1 Å². The number of hydrogen-bond donors (Lipinski definition) is 2. The average Bonchev–Trinajstić information content (AvgIpc) is 2.70. The van der Waals surface area contributed by atoms with Crippen LogP contribution in [0.5, 0.6) is 0 Å². The molecule has 0 fully saturated rings. The molecule has 8 heteroatoms. The van der Waals surface area contributed by atoms with E-state index in [1.807, 2.05) is 0 Å². The maximum absolute atomic E-state index is 12.9. The molecule has 2 rings (SSSR count). The molecule has 1 atom stereocenters. The summed E-state index contributed by atoms with van der Waals surface area (Å²) in [6.45, 7) is 0. The molecule has 1 unspecified atom stereocenters. The van der Waals surface area contributed by atoms with E-state index in [1.165, 1.54) is 24.3 Å². The Labute approximate surface area is 104 Å². The highest BCUT2D eigenvalue weighted by Crippen LogP contribution is 2.42. The summed E-state index contributed by atoms with van der Waals surface area (Å²) in [6, 6.07) is 5.79. The fourth-order valence-corrected chi connectivity index (χ4v) is 1.57. The number of aliphatic hydroxyl groups is 1. The minimum Gasteiger partial charge on any atom is -0.481 e. The van der Waals surface area contributed by atoms with Crippen molar-refractivity contribution in [3.63, 3.8) is 0 Å². The van der Waals surface area contributed by atoms with Gasteiger partial charge >= 0.3 is 12.1 Å². The number of rotatable bonds is 3. The van der Waals surface area contributed by atoms with Gasteiger partial charge in [0.15, 0.2) is 5.58 Å². The molecule has 0 saturated carbocycles. The Morgan fingerprint density at radius 3 is 2.47 bits per heavy atom. The van der Waals surface area contributed by atoms with Crippen LogP contribution in [0.15, 0.2) is 28.7 Å². The topological polar surface area (TPSA) is 83.6 Å². The Morgan fingerprint density at radius 1 is 1.32 bits per heavy atom. The Bertz CT molecular complexity index is 589. The van der Waals surface area contributed by atoms with Crippen LogP contribution in [-0.4, -0.2) is 27.3 Å². The van der Waals surface area contributed by atoms with Gasteiger partial charge in [-0.1, -0.05) is 12.1 Å². The normalized spacial score (nSPS) is 15.4. The second-order valence-corrected chi connectivity index (χ2v) is 3.92. The Morgan fingerprint density at radius 2 is 1.95 bits per heavy atom. The molecule has 19 heavy (non-hydrogen) atoms. The van der Waals surface area contributed by atoms with Gasteiger partial charge < -0.3 is 14.6 Å². The molecule has 5 nitrogen and oxygen atoms in total. The molecular formula is C11H8F3NO4. The molecule has 0 bridgehead atoms. The van der Waals surface area contributed by atoms with Crippen molar-refractivity contribution in [1.29, 1.82) is 0 Å². The van der Waals surface area contributed by atoms with Crippen LogP contribution in [0, 0.1) is 0 Å². The van der Waals surface area contributed by atoms with Crippen molar-refractivity contribution in [2.75, 3.05) is 0 Å². The van der Waals surface area contributed by atoms with Gasteiger partial charge in [-0.3, -0.25) is 4.79 Å². The first-order valence-electron chi connectivity index (χ1n) is 5.11. The number of benzene rings is 1. The lowest BCUT2D eigenvalue weighted by molar-refractivity contribution is -0.276. The van der Waals surface area contributed by atoms with Crippen LogP contribution in [0.25, 0.3) is 11.1 Å². The third-order valence-electron chi connectivity index (χ3n) is 2.52. The van der Waals surface area contributed by atoms with Crippen LogP contribution in [-0.2, 0) is 10.4 Å². The van der Waals surface area contributed by atoms with E-state index < -0.39 is 30.1 Å². The predicted molar refractivity (Wildman–Crippen MR) is 56.2 cm³/mol. The van der Waals surface area contributed by atoms with Gasteiger partial charge in [-0.25, -0.2) is 4.98 Å². The van der Waals surface area contributed by atoms with Gasteiger partial charge in [0.05, 0.1) is 6.42 Å². The predicted octanol–water partition coefficient (Wildman–Crippen LogP) is 2.05. The summed E-state index contributed by atoms with van der Waals surface area (Å²) in [5, 5.41) is 18.1. The van der Waals surface area contributed by atoms with Crippen LogP contribution in [0.3, 0.4) is 0 Å². The van der Waals surface area contributed by atoms with Crippen LogP contribution >= 0.6 is 0 Å². The summed E-state index contributed by atoms with van der Waals surface area (Å²) in [5.74, 6) is -2.90. The van der Waals surface area contributed by atoms with Crippen molar-refractivity contribution in [2.24, 2.45) is 0 Å². The van der Waals surface area contributed by atoms with Crippen LogP contribution in [0.4, 0.5) is 13.2 Å². The van der Waals surface area contributed by atoms with Gasteiger partial charge in [0.25, 0.3) is 0 Å². The van der Waals surface area contributed by atoms with Gasteiger partial charge in [0, 0.05) is 0 Å². The molecule has 0 spiro atoms. The minimum atomic E-state index is -5.22. The third kappa shape index (κ3) is 2.26. The molecule has 0 aliphatic rings. The molecule has 0 aliphatic carbocycles. The highest BCUT2D eigenvalue weighted by Gasteiger charge is 2.60. The second-order valence-electron chi connectivity index (χ2n) is 3.92. The van der Waals surface area contributed by atoms with Crippen LogP contribution in [0.1, 0.15) is 12.3 Å². The SMILES string of the molecule is O=C(O)CC(O)(c1nc2ccccc2o1)C(F)(F)F. The molecule has 0 amide bonds. The number of halogens is 3. The zero-order chi connectivity index (χ0) is 14.3. The molecular weight excluding hydrogens is 267 g/mol. The van der Waals surface area contributed by atoms with Crippen molar-refractivity contribution in [1.82, 2.24) is 4.98 Å². The number of aromatic nitrogens is 1. The number of para-hydroxylation sites is 2. The van der Waals surface area contributed by atoms with Crippen molar-refractivity contribution < 1.29 is 32.6 Å². The number of aliphatic carboxylic acids is 1. The molecule has 102 valence electrons. The Kier molecular flexibility index (Phi) is 2.97. The third-order valence-corrected chi connectivity index (χ3v) is 2.52. The maximum Gasteiger partial charge on any atom is 0.426 e. The van der Waals surface area contributed by atoms with Crippen LogP contribution < -0.4 is 0 Å². The quantitative estimate of drug-likeness (QED) is 0.895. The van der Waals surface area contributed by atoms with Crippen molar-refractivity contribution in [2.45, 2.75) is 18.2 Å². The van der Waals surface area contributed by atoms with E-state index in [1.54, 1.807) is 0 Å². The average molecular weight is 275 g/mol. The first-order chi connectivity index (χ1) is 8.74. The molecule has 1 aromatic heterocycles. The highest BCUT2D eigenvalue weighted by molar-refractivity contribution is 5.73. The second kappa shape index (κ2) is 4.23. The van der Waals surface area contributed by atoms with Gasteiger partial charge in [-0.15, -0.1) is 0 Å². The number of hydrogen-bond acceptors (Lipinski definition) is 4. The molecule has 2 N–H and O–H groups in total. The number of carbonyl (C=O) groups is 1. The van der Waals surface area contributed by atoms with E-state index in [0.29, 0.717) is 0 Å². The number of carboxylic acid groups (broad SMARTS) is 1. The molecule has 0 aliphatic heterocycles. The molecule has 1 heterocycles. The van der Waals surface area contributed by atoms with E-state index in [2.05, 4.69) is 4.98 Å². The zero-order valence-corrected chi connectivity index (χ0v) is 9.31. The summed E-state index contributed by atoms with van der Waals surface area (Å²) in [7, 11) is 0. The smallest absolute Gasteiger partial charge is 0.426 e. The monoisotopic (exact) mass is 275 g/mol. The number of oxazole rings is 1. The van der Waals surface area contributed by atoms with E-state index in [9.17, 15) is 23.1 Å². The number of carboxylic acids is 1. The number of fused-ring (bicyclic) bond motifs is 1. The van der Waals surface area contributed by atoms with Crippen LogP contribution in [0.2, 0.25) is 0 Å². The Balaban J connectivity index is 2.57.